The molecule has 0 unspecified atom stereocenters. The largest absolute Gasteiger partial charge is 0.353 e. The summed E-state index contributed by atoms with van der Waals surface area (Å²) >= 11 is 0. The van der Waals surface area contributed by atoms with Gasteiger partial charge in [0.15, 0.2) is 17.4 Å². The minimum Gasteiger partial charge on any atom is -0.353 e. The Kier molecular flexibility index (Phi) is 6.69. The molecule has 4 aromatic rings. The molecular formula is C26H21F3N6O2. The molecule has 1 saturated heterocycles. The maximum absolute atomic E-state index is 14.6. The summed E-state index contributed by atoms with van der Waals surface area (Å²) in [6, 6.07) is 10.4. The van der Waals surface area contributed by atoms with E-state index in [1.165, 1.54) is 18.2 Å². The molecule has 0 saturated carbocycles. The van der Waals surface area contributed by atoms with Crippen LogP contribution in [-0.2, 0) is 0 Å². The van der Waals surface area contributed by atoms with E-state index in [1.54, 1.807) is 24.4 Å². The number of carbonyl (C=O) groups is 2. The maximum atomic E-state index is 14.6. The first-order chi connectivity index (χ1) is 17.9. The van der Waals surface area contributed by atoms with Gasteiger partial charge >= 0.3 is 6.03 Å². The maximum Gasteiger partial charge on any atom is 0.323 e. The van der Waals surface area contributed by atoms with Crippen LogP contribution in [0.25, 0.3) is 11.0 Å². The minimum atomic E-state index is -1.12. The van der Waals surface area contributed by atoms with Gasteiger partial charge in [-0.25, -0.2) is 22.9 Å². The third kappa shape index (κ3) is 5.36. The number of benzene rings is 3. The van der Waals surface area contributed by atoms with E-state index in [0.717, 1.165) is 44.4 Å². The molecule has 1 aromatic heterocycles. The zero-order valence-electron chi connectivity index (χ0n) is 19.4. The lowest BCUT2D eigenvalue weighted by Crippen LogP contribution is -2.43. The van der Waals surface area contributed by atoms with Crippen LogP contribution in [0.2, 0.25) is 0 Å². The van der Waals surface area contributed by atoms with E-state index in [0.29, 0.717) is 16.9 Å². The van der Waals surface area contributed by atoms with Crippen LogP contribution in [0.3, 0.4) is 0 Å². The topological polar surface area (TPSA) is 99.2 Å². The molecule has 8 nitrogen and oxygen atoms in total. The molecule has 2 amide bonds. The number of hydrogen-bond acceptors (Lipinski definition) is 6. The number of ketones is 1. The van der Waals surface area contributed by atoms with Crippen molar-refractivity contribution in [1.82, 2.24) is 15.3 Å². The number of carbonyl (C=O) groups excluding carboxylic acids is 2. The highest BCUT2D eigenvalue weighted by atomic mass is 19.2. The van der Waals surface area contributed by atoms with Crippen LogP contribution in [0.4, 0.5) is 35.2 Å². The lowest BCUT2D eigenvalue weighted by atomic mass is 10.0. The molecule has 0 spiro atoms. The van der Waals surface area contributed by atoms with E-state index in [2.05, 4.69) is 30.8 Å². The van der Waals surface area contributed by atoms with Crippen LogP contribution in [0, 0.1) is 17.5 Å². The highest BCUT2D eigenvalue weighted by Gasteiger charge is 2.18. The zero-order chi connectivity index (χ0) is 25.9. The SMILES string of the molecule is O=C(Nc1ccc(F)c(F)c1)Nc1ccc(F)c(C(=O)c2ccc3ncc(N4CCNCC4)nc3c2)c1. The molecule has 1 fully saturated rings. The molecule has 3 aromatic carbocycles. The number of piperazine rings is 1. The molecule has 1 aliphatic rings. The monoisotopic (exact) mass is 506 g/mol. The predicted octanol–water partition coefficient (Wildman–Crippen LogP) is 4.33. The van der Waals surface area contributed by atoms with Crippen molar-refractivity contribution in [2.75, 3.05) is 41.7 Å². The Bertz CT molecular complexity index is 1510. The molecule has 0 aliphatic carbocycles. The van der Waals surface area contributed by atoms with Crippen LogP contribution in [-0.4, -0.2) is 48.0 Å². The van der Waals surface area contributed by atoms with Crippen LogP contribution in [0.1, 0.15) is 15.9 Å². The normalized spacial score (nSPS) is 13.4. The summed E-state index contributed by atoms with van der Waals surface area (Å²) in [5.41, 5.74) is 1.21. The molecule has 0 bridgehead atoms. The number of hydrogen-bond donors (Lipinski definition) is 3. The van der Waals surface area contributed by atoms with Gasteiger partial charge in [0.2, 0.25) is 0 Å². The Morgan fingerprint density at radius 2 is 1.51 bits per heavy atom. The molecule has 0 atom stereocenters. The fraction of sp³-hybridized carbons (Fsp3) is 0.154. The van der Waals surface area contributed by atoms with E-state index in [1.807, 2.05) is 0 Å². The van der Waals surface area contributed by atoms with Gasteiger partial charge in [-0.1, -0.05) is 0 Å². The van der Waals surface area contributed by atoms with E-state index in [4.69, 9.17) is 0 Å². The number of urea groups is 1. The zero-order valence-corrected chi connectivity index (χ0v) is 19.4. The van der Waals surface area contributed by atoms with Gasteiger partial charge in [-0.05, 0) is 48.5 Å². The molecule has 1 aliphatic heterocycles. The first kappa shape index (κ1) is 24.2. The Morgan fingerprint density at radius 3 is 2.24 bits per heavy atom. The number of rotatable bonds is 5. The third-order valence-corrected chi connectivity index (χ3v) is 5.88. The molecule has 188 valence electrons. The van der Waals surface area contributed by atoms with Gasteiger partial charge in [-0.15, -0.1) is 0 Å². The second-order valence-electron chi connectivity index (χ2n) is 8.40. The molecule has 3 N–H and O–H groups in total. The van der Waals surface area contributed by atoms with Crippen molar-refractivity contribution >= 4 is 40.0 Å². The lowest BCUT2D eigenvalue weighted by molar-refractivity contribution is 0.103. The Hall–Kier alpha value is -4.51. The van der Waals surface area contributed by atoms with Gasteiger partial charge < -0.3 is 20.9 Å². The molecule has 11 heteroatoms. The van der Waals surface area contributed by atoms with Gasteiger partial charge in [0.1, 0.15) is 11.6 Å². The quantitative estimate of drug-likeness (QED) is 0.349. The van der Waals surface area contributed by atoms with E-state index < -0.39 is 29.3 Å². The van der Waals surface area contributed by atoms with Crippen LogP contribution >= 0.6 is 0 Å². The number of anilines is 3. The van der Waals surface area contributed by atoms with Crippen molar-refractivity contribution in [2.45, 2.75) is 0 Å². The fourth-order valence-electron chi connectivity index (χ4n) is 3.99. The van der Waals surface area contributed by atoms with Crippen LogP contribution < -0.4 is 20.9 Å². The first-order valence-corrected chi connectivity index (χ1v) is 11.5. The predicted molar refractivity (Wildman–Crippen MR) is 133 cm³/mol. The molecule has 2 heterocycles. The number of nitrogens with one attached hydrogen (secondary N) is 3. The number of halogens is 3. The molecule has 37 heavy (non-hydrogen) atoms. The fourth-order valence-corrected chi connectivity index (χ4v) is 3.99. The highest BCUT2D eigenvalue weighted by Crippen LogP contribution is 2.23. The highest BCUT2D eigenvalue weighted by molar-refractivity contribution is 6.11. The van der Waals surface area contributed by atoms with Crippen molar-refractivity contribution in [3.05, 3.63) is 89.4 Å². The van der Waals surface area contributed by atoms with E-state index in [-0.39, 0.29) is 22.5 Å². The van der Waals surface area contributed by atoms with Gasteiger partial charge in [0.25, 0.3) is 0 Å². The summed E-state index contributed by atoms with van der Waals surface area (Å²) in [6.07, 6.45) is 1.69. The van der Waals surface area contributed by atoms with Gasteiger partial charge in [-0.2, -0.15) is 0 Å². The number of amides is 2. The average Bonchev–Trinajstić information content (AvgIpc) is 2.91. The first-order valence-electron chi connectivity index (χ1n) is 11.5. The molecule has 0 radical (unpaired) electrons. The minimum absolute atomic E-state index is 0.0206. The van der Waals surface area contributed by atoms with Crippen molar-refractivity contribution in [2.24, 2.45) is 0 Å². The lowest BCUT2D eigenvalue weighted by Gasteiger charge is -2.28. The second-order valence-corrected chi connectivity index (χ2v) is 8.40. The Morgan fingerprint density at radius 1 is 0.811 bits per heavy atom. The van der Waals surface area contributed by atoms with Crippen molar-refractivity contribution in [3.63, 3.8) is 0 Å². The number of nitrogens with zero attached hydrogens (tertiary/aromatic N) is 3. The van der Waals surface area contributed by atoms with Crippen molar-refractivity contribution in [3.8, 4) is 0 Å². The van der Waals surface area contributed by atoms with Crippen LogP contribution in [0.15, 0.2) is 60.8 Å². The summed E-state index contributed by atoms with van der Waals surface area (Å²) in [6.45, 7) is 3.24. The van der Waals surface area contributed by atoms with Gasteiger partial charge in [-0.3, -0.25) is 9.78 Å². The van der Waals surface area contributed by atoms with Crippen molar-refractivity contribution in [1.29, 1.82) is 0 Å². The van der Waals surface area contributed by atoms with Crippen LogP contribution in [0.5, 0.6) is 0 Å². The van der Waals surface area contributed by atoms with Gasteiger partial charge in [0.05, 0.1) is 22.8 Å². The van der Waals surface area contributed by atoms with Gasteiger partial charge in [0, 0.05) is 49.2 Å². The second kappa shape index (κ2) is 10.2. The number of aromatic nitrogens is 2. The third-order valence-electron chi connectivity index (χ3n) is 5.88. The smallest absolute Gasteiger partial charge is 0.323 e. The van der Waals surface area contributed by atoms with E-state index >= 15 is 0 Å². The summed E-state index contributed by atoms with van der Waals surface area (Å²) in [5, 5.41) is 8.07. The van der Waals surface area contributed by atoms with Crippen molar-refractivity contribution < 1.29 is 22.8 Å². The molecule has 5 rings (SSSR count). The molecular weight excluding hydrogens is 485 g/mol. The summed E-state index contributed by atoms with van der Waals surface area (Å²) in [5.74, 6) is -2.83. The number of fused-ring (bicyclic) bond motifs is 1. The van der Waals surface area contributed by atoms with E-state index in [9.17, 15) is 22.8 Å². The Labute approximate surface area is 209 Å². The summed E-state index contributed by atoms with van der Waals surface area (Å²) < 4.78 is 41.1. The Balaban J connectivity index is 1.36. The standard InChI is InChI=1S/C26H21F3N6O2/c27-19-4-2-16(32-26(37)33-17-3-5-20(28)21(29)13-17)12-18(19)25(36)15-1-6-22-23(11-15)34-24(14-31-22)35-9-7-30-8-10-35/h1-6,11-14,30H,7-10H2,(H2,32,33,37). The summed E-state index contributed by atoms with van der Waals surface area (Å²) in [4.78, 5) is 36.6. The average molecular weight is 506 g/mol. The summed E-state index contributed by atoms with van der Waals surface area (Å²) in [7, 11) is 0.